The van der Waals surface area contributed by atoms with Gasteiger partial charge in [-0.3, -0.25) is 4.79 Å². The van der Waals surface area contributed by atoms with Crippen LogP contribution in [0.25, 0.3) is 0 Å². The molecule has 8 nitrogen and oxygen atoms in total. The Labute approximate surface area is 138 Å². The van der Waals surface area contributed by atoms with Crippen molar-refractivity contribution in [2.24, 2.45) is 0 Å². The third-order valence-corrected chi connectivity index (χ3v) is 4.67. The van der Waals surface area contributed by atoms with Gasteiger partial charge in [0.15, 0.2) is 5.82 Å². The van der Waals surface area contributed by atoms with E-state index in [4.69, 9.17) is 11.6 Å². The molecular weight excluding hydrogens is 342 g/mol. The molecule has 1 amide bonds. The molecule has 0 unspecified atom stereocenters. The van der Waals surface area contributed by atoms with Crippen molar-refractivity contribution in [1.29, 1.82) is 0 Å². The first-order chi connectivity index (χ1) is 10.8. The van der Waals surface area contributed by atoms with Crippen LogP contribution in [0.3, 0.4) is 0 Å². The highest BCUT2D eigenvalue weighted by Gasteiger charge is 2.25. The summed E-state index contributed by atoms with van der Waals surface area (Å²) in [6, 6.07) is 7.08. The second kappa shape index (κ2) is 6.90. The third-order valence-electron chi connectivity index (χ3n) is 2.74. The minimum absolute atomic E-state index is 0.0238. The van der Waals surface area contributed by atoms with Crippen LogP contribution >= 0.6 is 11.6 Å². The summed E-state index contributed by atoms with van der Waals surface area (Å²) in [5.74, 6) is -0.161. The van der Waals surface area contributed by atoms with Crippen molar-refractivity contribution in [2.45, 2.75) is 11.8 Å². The average molecular weight is 356 g/mol. The number of amides is 1. The molecule has 0 aliphatic heterocycles. The molecule has 1 heterocycles. The highest BCUT2D eigenvalue weighted by molar-refractivity contribution is 7.92. The molecule has 2 N–H and O–H groups in total. The third kappa shape index (κ3) is 3.95. The fourth-order valence-electron chi connectivity index (χ4n) is 1.81. The minimum atomic E-state index is -3.91. The van der Waals surface area contributed by atoms with Crippen molar-refractivity contribution in [3.63, 3.8) is 0 Å². The number of nitrogens with one attached hydrogen (secondary N) is 2. The molecule has 0 saturated heterocycles. The van der Waals surface area contributed by atoms with Crippen molar-refractivity contribution in [2.75, 3.05) is 16.8 Å². The van der Waals surface area contributed by atoms with Gasteiger partial charge in [-0.25, -0.2) is 15.4 Å². The van der Waals surface area contributed by atoms with E-state index in [9.17, 15) is 13.2 Å². The standard InChI is InChI=1S/C13H14ClN5O3S/c1-9(20)18-10-3-5-11(6-4-10)23(21,22)19(15-2)13-7-12(14)16-8-17-13/h3-8,15H,1-2H3,(H,18,20). The van der Waals surface area contributed by atoms with Crippen LogP contribution in [0.1, 0.15) is 6.92 Å². The van der Waals surface area contributed by atoms with Gasteiger partial charge >= 0.3 is 0 Å². The first-order valence-electron chi connectivity index (χ1n) is 6.42. The number of carbonyl (C=O) groups excluding carboxylic acids is 1. The second-order valence-corrected chi connectivity index (χ2v) is 6.57. The molecule has 10 heteroatoms. The lowest BCUT2D eigenvalue weighted by Gasteiger charge is -2.21. The Morgan fingerprint density at radius 2 is 1.87 bits per heavy atom. The number of rotatable bonds is 5. The number of sulfonamides is 1. The lowest BCUT2D eigenvalue weighted by atomic mass is 10.3. The maximum absolute atomic E-state index is 12.7. The zero-order valence-corrected chi connectivity index (χ0v) is 13.9. The van der Waals surface area contributed by atoms with E-state index in [1.807, 2.05) is 0 Å². The number of hydrogen-bond donors (Lipinski definition) is 2. The molecule has 1 aromatic heterocycles. The van der Waals surface area contributed by atoms with Gasteiger partial charge in [0.25, 0.3) is 10.0 Å². The zero-order valence-electron chi connectivity index (χ0n) is 12.3. The first kappa shape index (κ1) is 17.1. The highest BCUT2D eigenvalue weighted by Crippen LogP contribution is 2.22. The van der Waals surface area contributed by atoms with E-state index >= 15 is 0 Å². The lowest BCUT2D eigenvalue weighted by Crippen LogP contribution is -2.41. The molecule has 0 aliphatic carbocycles. The van der Waals surface area contributed by atoms with Gasteiger partial charge in [-0.05, 0) is 24.3 Å². The van der Waals surface area contributed by atoms with E-state index in [-0.39, 0.29) is 21.8 Å². The normalized spacial score (nSPS) is 11.1. The van der Waals surface area contributed by atoms with Crippen molar-refractivity contribution >= 4 is 39.0 Å². The van der Waals surface area contributed by atoms with E-state index in [1.54, 1.807) is 0 Å². The fourth-order valence-corrected chi connectivity index (χ4v) is 3.23. The Kier molecular flexibility index (Phi) is 5.14. The summed E-state index contributed by atoms with van der Waals surface area (Å²) in [6.45, 7) is 1.37. The second-order valence-electron chi connectivity index (χ2n) is 4.40. The van der Waals surface area contributed by atoms with Crippen LogP contribution in [0.2, 0.25) is 5.15 Å². The molecule has 2 rings (SSSR count). The molecule has 0 fully saturated rings. The van der Waals surface area contributed by atoms with Crippen molar-refractivity contribution < 1.29 is 13.2 Å². The number of benzene rings is 1. The van der Waals surface area contributed by atoms with Gasteiger partial charge in [-0.1, -0.05) is 11.6 Å². The molecule has 0 aliphatic rings. The molecule has 2 aromatic rings. The highest BCUT2D eigenvalue weighted by atomic mass is 35.5. The van der Waals surface area contributed by atoms with Gasteiger partial charge < -0.3 is 5.32 Å². The number of aromatic nitrogens is 2. The van der Waals surface area contributed by atoms with Crippen LogP contribution in [0, 0.1) is 0 Å². The Bertz CT molecular complexity index is 811. The van der Waals surface area contributed by atoms with Crippen LogP contribution in [-0.4, -0.2) is 31.3 Å². The summed E-state index contributed by atoms with van der Waals surface area (Å²) in [4.78, 5) is 18.6. The Morgan fingerprint density at radius 3 is 2.39 bits per heavy atom. The van der Waals surface area contributed by atoms with E-state index in [0.29, 0.717) is 5.69 Å². The predicted octanol–water partition coefficient (Wildman–Crippen LogP) is 1.42. The van der Waals surface area contributed by atoms with E-state index in [0.717, 1.165) is 10.7 Å². The zero-order chi connectivity index (χ0) is 17.0. The summed E-state index contributed by atoms with van der Waals surface area (Å²) >= 11 is 5.77. The van der Waals surface area contributed by atoms with Gasteiger partial charge in [-0.2, -0.15) is 12.8 Å². The molecular formula is C13H14ClN5O3S. The molecule has 0 spiro atoms. The summed E-state index contributed by atoms with van der Waals surface area (Å²) in [5, 5.41) is 2.68. The molecule has 1 aromatic carbocycles. The molecule has 0 bridgehead atoms. The van der Waals surface area contributed by atoms with Crippen molar-refractivity contribution in [3.8, 4) is 0 Å². The van der Waals surface area contributed by atoms with Crippen LogP contribution in [-0.2, 0) is 14.8 Å². The van der Waals surface area contributed by atoms with Gasteiger partial charge in [0.1, 0.15) is 11.5 Å². The molecule has 0 saturated carbocycles. The lowest BCUT2D eigenvalue weighted by molar-refractivity contribution is -0.114. The predicted molar refractivity (Wildman–Crippen MR) is 86.5 cm³/mol. The molecule has 0 atom stereocenters. The maximum Gasteiger partial charge on any atom is 0.279 e. The number of carbonyl (C=O) groups is 1. The van der Waals surface area contributed by atoms with E-state index in [2.05, 4.69) is 20.7 Å². The molecule has 122 valence electrons. The van der Waals surface area contributed by atoms with E-state index < -0.39 is 10.0 Å². The number of halogens is 1. The van der Waals surface area contributed by atoms with Gasteiger partial charge in [0, 0.05) is 25.7 Å². The topological polar surface area (TPSA) is 104 Å². The number of anilines is 2. The van der Waals surface area contributed by atoms with Gasteiger partial charge in [0.2, 0.25) is 5.91 Å². The summed E-state index contributed by atoms with van der Waals surface area (Å²) in [6.07, 6.45) is 1.16. The number of hydrogen-bond acceptors (Lipinski definition) is 6. The van der Waals surface area contributed by atoms with Crippen LogP contribution < -0.4 is 15.2 Å². The smallest absolute Gasteiger partial charge is 0.279 e. The summed E-state index contributed by atoms with van der Waals surface area (Å²) < 4.78 is 26.2. The van der Waals surface area contributed by atoms with Crippen molar-refractivity contribution in [1.82, 2.24) is 15.4 Å². The molecule has 23 heavy (non-hydrogen) atoms. The van der Waals surface area contributed by atoms with Crippen LogP contribution in [0.4, 0.5) is 11.5 Å². The minimum Gasteiger partial charge on any atom is -0.326 e. The van der Waals surface area contributed by atoms with E-state index in [1.165, 1.54) is 44.3 Å². The maximum atomic E-state index is 12.7. The van der Waals surface area contributed by atoms with Crippen LogP contribution in [0.5, 0.6) is 0 Å². The Morgan fingerprint density at radius 1 is 1.22 bits per heavy atom. The summed E-state index contributed by atoms with van der Waals surface area (Å²) in [7, 11) is -2.46. The quantitative estimate of drug-likeness (QED) is 0.621. The average Bonchev–Trinajstić information content (AvgIpc) is 2.47. The van der Waals surface area contributed by atoms with Gasteiger partial charge in [0.05, 0.1) is 4.90 Å². The summed E-state index contributed by atoms with van der Waals surface area (Å²) in [5.41, 5.74) is 3.06. The number of hydrazine groups is 1. The van der Waals surface area contributed by atoms with Gasteiger partial charge in [-0.15, -0.1) is 0 Å². The first-order valence-corrected chi connectivity index (χ1v) is 8.24. The monoisotopic (exact) mass is 355 g/mol. The van der Waals surface area contributed by atoms with Crippen molar-refractivity contribution in [3.05, 3.63) is 41.8 Å². The molecule has 0 radical (unpaired) electrons. The van der Waals surface area contributed by atoms with Crippen LogP contribution in [0.15, 0.2) is 41.6 Å². The Balaban J connectivity index is 2.37. The largest absolute Gasteiger partial charge is 0.326 e. The Hall–Kier alpha value is -2.23. The fraction of sp³-hybridized carbons (Fsp3) is 0.154. The number of nitrogens with zero attached hydrogens (tertiary/aromatic N) is 3. The SMILES string of the molecule is CNN(c1cc(Cl)ncn1)S(=O)(=O)c1ccc(NC(C)=O)cc1.